The SMILES string of the molecule is CCOC(=O)/C=C/C=C/CC(NC(C)=O)C(=O)OCC. The molecule has 20 heavy (non-hydrogen) atoms. The fourth-order valence-electron chi connectivity index (χ4n) is 1.32. The summed E-state index contributed by atoms with van der Waals surface area (Å²) in [6.07, 6.45) is 6.33. The van der Waals surface area contributed by atoms with Crippen molar-refractivity contribution in [2.24, 2.45) is 0 Å². The van der Waals surface area contributed by atoms with Crippen LogP contribution in [-0.4, -0.2) is 37.1 Å². The molecule has 0 radical (unpaired) electrons. The van der Waals surface area contributed by atoms with Crippen LogP contribution in [0.3, 0.4) is 0 Å². The molecule has 1 amide bonds. The molecule has 0 aromatic carbocycles. The second kappa shape index (κ2) is 10.8. The van der Waals surface area contributed by atoms with Crippen molar-refractivity contribution in [3.63, 3.8) is 0 Å². The normalized spacial score (nSPS) is 12.3. The molecule has 6 heteroatoms. The van der Waals surface area contributed by atoms with Gasteiger partial charge in [0.15, 0.2) is 0 Å². The van der Waals surface area contributed by atoms with Crippen molar-refractivity contribution in [2.75, 3.05) is 13.2 Å². The minimum absolute atomic E-state index is 0.251. The van der Waals surface area contributed by atoms with E-state index in [2.05, 4.69) is 5.32 Å². The van der Waals surface area contributed by atoms with E-state index >= 15 is 0 Å². The molecule has 0 aliphatic rings. The Hall–Kier alpha value is -2.11. The largest absolute Gasteiger partial charge is 0.464 e. The van der Waals surface area contributed by atoms with Crippen molar-refractivity contribution in [1.82, 2.24) is 5.32 Å². The van der Waals surface area contributed by atoms with Gasteiger partial charge in [0.25, 0.3) is 0 Å². The Morgan fingerprint density at radius 2 is 1.75 bits per heavy atom. The van der Waals surface area contributed by atoms with E-state index in [-0.39, 0.29) is 18.9 Å². The van der Waals surface area contributed by atoms with E-state index in [1.54, 1.807) is 26.0 Å². The number of esters is 2. The van der Waals surface area contributed by atoms with Gasteiger partial charge >= 0.3 is 11.9 Å². The molecule has 0 saturated carbocycles. The van der Waals surface area contributed by atoms with Crippen LogP contribution in [0.1, 0.15) is 27.2 Å². The van der Waals surface area contributed by atoms with Crippen LogP contribution in [0.2, 0.25) is 0 Å². The molecule has 0 bridgehead atoms. The summed E-state index contributed by atoms with van der Waals surface area (Å²) in [6.45, 7) is 5.32. The highest BCUT2D eigenvalue weighted by Gasteiger charge is 2.18. The molecule has 0 aromatic rings. The lowest BCUT2D eigenvalue weighted by molar-refractivity contribution is -0.147. The van der Waals surface area contributed by atoms with Gasteiger partial charge in [-0.3, -0.25) is 4.79 Å². The summed E-state index contributed by atoms with van der Waals surface area (Å²) < 4.78 is 9.55. The third-order valence-corrected chi connectivity index (χ3v) is 2.09. The fraction of sp³-hybridized carbons (Fsp3) is 0.500. The maximum Gasteiger partial charge on any atom is 0.330 e. The van der Waals surface area contributed by atoms with Crippen LogP contribution < -0.4 is 5.32 Å². The molecule has 0 heterocycles. The highest BCUT2D eigenvalue weighted by molar-refractivity contribution is 5.83. The topological polar surface area (TPSA) is 81.7 Å². The first-order valence-corrected chi connectivity index (χ1v) is 6.44. The first-order chi connectivity index (χ1) is 9.51. The lowest BCUT2D eigenvalue weighted by Gasteiger charge is -2.14. The Balaban J connectivity index is 4.34. The van der Waals surface area contributed by atoms with Crippen molar-refractivity contribution in [3.05, 3.63) is 24.3 Å². The highest BCUT2D eigenvalue weighted by atomic mass is 16.5. The molecule has 0 saturated heterocycles. The minimum Gasteiger partial charge on any atom is -0.464 e. The average molecular weight is 283 g/mol. The van der Waals surface area contributed by atoms with Crippen LogP contribution >= 0.6 is 0 Å². The van der Waals surface area contributed by atoms with Gasteiger partial charge in [0, 0.05) is 13.0 Å². The highest BCUT2D eigenvalue weighted by Crippen LogP contribution is 1.98. The van der Waals surface area contributed by atoms with Crippen molar-refractivity contribution < 1.29 is 23.9 Å². The van der Waals surface area contributed by atoms with Gasteiger partial charge in [-0.15, -0.1) is 0 Å². The van der Waals surface area contributed by atoms with Crippen LogP contribution in [0, 0.1) is 0 Å². The minimum atomic E-state index is -0.723. The Morgan fingerprint density at radius 1 is 1.10 bits per heavy atom. The predicted molar refractivity (Wildman–Crippen MR) is 73.8 cm³/mol. The molecular weight excluding hydrogens is 262 g/mol. The van der Waals surface area contributed by atoms with Gasteiger partial charge in [-0.05, 0) is 20.3 Å². The Morgan fingerprint density at radius 3 is 2.30 bits per heavy atom. The Kier molecular flexibility index (Phi) is 9.64. The molecule has 0 aromatic heterocycles. The monoisotopic (exact) mass is 283 g/mol. The van der Waals surface area contributed by atoms with Crippen LogP contribution in [-0.2, 0) is 23.9 Å². The third-order valence-electron chi connectivity index (χ3n) is 2.09. The van der Waals surface area contributed by atoms with E-state index in [0.29, 0.717) is 6.61 Å². The zero-order valence-corrected chi connectivity index (χ0v) is 12.0. The summed E-state index contributed by atoms with van der Waals surface area (Å²) in [5.74, 6) is -1.22. The van der Waals surface area contributed by atoms with E-state index in [0.717, 1.165) is 0 Å². The standard InChI is InChI=1S/C14H21NO5/c1-4-19-13(17)10-8-6-7-9-12(15-11(3)16)14(18)20-5-2/h6-8,10,12H,4-5,9H2,1-3H3,(H,15,16)/b7-6+,10-8+. The summed E-state index contributed by atoms with van der Waals surface area (Å²) in [6, 6.07) is -0.723. The second-order valence-electron chi connectivity index (χ2n) is 3.78. The first-order valence-electron chi connectivity index (χ1n) is 6.44. The molecule has 0 aliphatic heterocycles. The number of hydrogen-bond acceptors (Lipinski definition) is 5. The molecule has 0 aliphatic carbocycles. The number of rotatable bonds is 8. The third kappa shape index (κ3) is 8.91. The predicted octanol–water partition coefficient (Wildman–Crippen LogP) is 1.12. The second-order valence-corrected chi connectivity index (χ2v) is 3.78. The smallest absolute Gasteiger partial charge is 0.330 e. The zero-order chi connectivity index (χ0) is 15.4. The van der Waals surface area contributed by atoms with Crippen LogP contribution in [0.4, 0.5) is 0 Å². The summed E-state index contributed by atoms with van der Waals surface area (Å²) in [5, 5.41) is 2.50. The average Bonchev–Trinajstić information content (AvgIpc) is 2.37. The Bertz CT molecular complexity index is 387. The Labute approximate surface area is 118 Å². The van der Waals surface area contributed by atoms with Gasteiger partial charge in [-0.25, -0.2) is 9.59 Å². The molecule has 0 spiro atoms. The lowest BCUT2D eigenvalue weighted by atomic mass is 10.2. The van der Waals surface area contributed by atoms with Crippen molar-refractivity contribution >= 4 is 17.8 Å². The van der Waals surface area contributed by atoms with E-state index in [4.69, 9.17) is 9.47 Å². The summed E-state index contributed by atoms with van der Waals surface area (Å²) in [4.78, 5) is 33.6. The lowest BCUT2D eigenvalue weighted by Crippen LogP contribution is -2.40. The number of hydrogen-bond donors (Lipinski definition) is 1. The molecule has 0 fully saturated rings. The zero-order valence-electron chi connectivity index (χ0n) is 12.0. The van der Waals surface area contributed by atoms with Crippen LogP contribution in [0.15, 0.2) is 24.3 Å². The number of allylic oxidation sites excluding steroid dienone is 2. The molecule has 1 atom stereocenters. The van der Waals surface area contributed by atoms with Crippen molar-refractivity contribution in [1.29, 1.82) is 0 Å². The van der Waals surface area contributed by atoms with Gasteiger partial charge in [0.1, 0.15) is 6.04 Å². The van der Waals surface area contributed by atoms with Gasteiger partial charge in [0.05, 0.1) is 13.2 Å². The summed E-state index contributed by atoms with van der Waals surface area (Å²) in [7, 11) is 0. The van der Waals surface area contributed by atoms with Crippen molar-refractivity contribution in [2.45, 2.75) is 33.2 Å². The van der Waals surface area contributed by atoms with E-state index in [9.17, 15) is 14.4 Å². The van der Waals surface area contributed by atoms with Crippen molar-refractivity contribution in [3.8, 4) is 0 Å². The first kappa shape index (κ1) is 17.9. The quantitative estimate of drug-likeness (QED) is 0.410. The summed E-state index contributed by atoms with van der Waals surface area (Å²) in [5.41, 5.74) is 0. The van der Waals surface area contributed by atoms with Gasteiger partial charge in [-0.1, -0.05) is 18.2 Å². The number of amides is 1. The van der Waals surface area contributed by atoms with E-state index in [1.165, 1.54) is 19.1 Å². The number of carbonyl (C=O) groups excluding carboxylic acids is 3. The number of nitrogens with one attached hydrogen (secondary N) is 1. The molecular formula is C14H21NO5. The van der Waals surface area contributed by atoms with Crippen LogP contribution in [0.25, 0.3) is 0 Å². The number of carbonyl (C=O) groups is 3. The summed E-state index contributed by atoms with van der Waals surface area (Å²) >= 11 is 0. The molecule has 112 valence electrons. The molecule has 1 unspecified atom stereocenters. The van der Waals surface area contributed by atoms with Crippen LogP contribution in [0.5, 0.6) is 0 Å². The molecule has 6 nitrogen and oxygen atoms in total. The molecule has 0 rings (SSSR count). The fourth-order valence-corrected chi connectivity index (χ4v) is 1.32. The van der Waals surface area contributed by atoms with Gasteiger partial charge in [0.2, 0.25) is 5.91 Å². The maximum atomic E-state index is 11.6. The van der Waals surface area contributed by atoms with E-state index < -0.39 is 18.0 Å². The van der Waals surface area contributed by atoms with Gasteiger partial charge in [-0.2, -0.15) is 0 Å². The van der Waals surface area contributed by atoms with E-state index in [1.807, 2.05) is 0 Å². The maximum absolute atomic E-state index is 11.6. The van der Waals surface area contributed by atoms with Gasteiger partial charge < -0.3 is 14.8 Å². The number of ether oxygens (including phenoxy) is 2. The molecule has 1 N–H and O–H groups in total.